The van der Waals surface area contributed by atoms with Crippen LogP contribution in [-0.2, 0) is 14.8 Å². The van der Waals surface area contributed by atoms with E-state index < -0.39 is 10.0 Å². The van der Waals surface area contributed by atoms with Crippen molar-refractivity contribution < 1.29 is 22.0 Å². The molecule has 0 unspecified atom stereocenters. The van der Waals surface area contributed by atoms with Gasteiger partial charge in [-0.2, -0.15) is 4.31 Å². The lowest BCUT2D eigenvalue weighted by atomic mass is 10.2. The maximum absolute atomic E-state index is 13.0. The van der Waals surface area contributed by atoms with Crippen LogP contribution in [0.2, 0.25) is 0 Å². The molecule has 1 amide bonds. The molecular formula is C20H21FN4O4S2. The molecule has 0 aliphatic heterocycles. The van der Waals surface area contributed by atoms with E-state index in [2.05, 4.69) is 15.5 Å². The van der Waals surface area contributed by atoms with Gasteiger partial charge in [0.2, 0.25) is 21.8 Å². The molecule has 0 saturated heterocycles. The number of hydrogen-bond donors (Lipinski definition) is 1. The molecule has 0 saturated carbocycles. The Morgan fingerprint density at radius 1 is 1.06 bits per heavy atom. The summed E-state index contributed by atoms with van der Waals surface area (Å²) in [5.41, 5.74) is 1.05. The predicted octanol–water partition coefficient (Wildman–Crippen LogP) is 3.64. The van der Waals surface area contributed by atoms with Crippen molar-refractivity contribution in [2.24, 2.45) is 0 Å². The Bertz CT molecular complexity index is 1130. The van der Waals surface area contributed by atoms with Crippen molar-refractivity contribution in [1.82, 2.24) is 14.5 Å². The smallest absolute Gasteiger partial charge is 0.277 e. The van der Waals surface area contributed by atoms with Crippen LogP contribution in [0.15, 0.2) is 63.1 Å². The number of nitrogens with one attached hydrogen (secondary N) is 1. The second kappa shape index (κ2) is 10.0. The zero-order valence-corrected chi connectivity index (χ0v) is 18.5. The quantitative estimate of drug-likeness (QED) is 0.482. The van der Waals surface area contributed by atoms with Crippen molar-refractivity contribution in [2.75, 3.05) is 24.2 Å². The van der Waals surface area contributed by atoms with Crippen molar-refractivity contribution in [3.8, 4) is 11.5 Å². The van der Waals surface area contributed by atoms with E-state index >= 15 is 0 Å². The molecule has 0 bridgehead atoms. The van der Waals surface area contributed by atoms with Crippen molar-refractivity contribution in [1.29, 1.82) is 0 Å². The Labute approximate surface area is 183 Å². The summed E-state index contributed by atoms with van der Waals surface area (Å²) >= 11 is 1.05. The number of amides is 1. The molecule has 11 heteroatoms. The molecule has 0 spiro atoms. The van der Waals surface area contributed by atoms with Crippen molar-refractivity contribution in [3.05, 3.63) is 54.3 Å². The number of rotatable bonds is 9. The Hall–Kier alpha value is -2.76. The molecule has 2 aromatic carbocycles. The summed E-state index contributed by atoms with van der Waals surface area (Å²) in [5.74, 6) is -0.433. The van der Waals surface area contributed by atoms with Gasteiger partial charge in [-0.1, -0.05) is 25.6 Å². The van der Waals surface area contributed by atoms with E-state index in [-0.39, 0.29) is 33.5 Å². The van der Waals surface area contributed by atoms with E-state index in [1.54, 1.807) is 13.8 Å². The first-order valence-corrected chi connectivity index (χ1v) is 11.9. The Morgan fingerprint density at radius 2 is 1.71 bits per heavy atom. The van der Waals surface area contributed by atoms with E-state index in [1.165, 1.54) is 52.8 Å². The molecule has 31 heavy (non-hydrogen) atoms. The minimum absolute atomic E-state index is 0.0184. The summed E-state index contributed by atoms with van der Waals surface area (Å²) in [5, 5.41) is 10.6. The van der Waals surface area contributed by atoms with E-state index in [0.717, 1.165) is 11.8 Å². The average molecular weight is 465 g/mol. The molecule has 1 aromatic heterocycles. The highest BCUT2D eigenvalue weighted by Crippen LogP contribution is 2.24. The van der Waals surface area contributed by atoms with Crippen LogP contribution in [0.5, 0.6) is 0 Å². The highest BCUT2D eigenvalue weighted by atomic mass is 32.2. The van der Waals surface area contributed by atoms with E-state index in [4.69, 9.17) is 4.42 Å². The predicted molar refractivity (Wildman–Crippen MR) is 116 cm³/mol. The summed E-state index contributed by atoms with van der Waals surface area (Å²) in [6.45, 7) is 4.32. The molecular weight excluding hydrogens is 443 g/mol. The average Bonchev–Trinajstić information content (AvgIpc) is 3.23. The minimum atomic E-state index is -3.55. The van der Waals surface area contributed by atoms with Gasteiger partial charge in [0.25, 0.3) is 5.22 Å². The van der Waals surface area contributed by atoms with Gasteiger partial charge < -0.3 is 9.73 Å². The number of carbonyl (C=O) groups is 1. The van der Waals surface area contributed by atoms with Crippen LogP contribution in [-0.4, -0.2) is 47.7 Å². The zero-order chi connectivity index (χ0) is 22.4. The van der Waals surface area contributed by atoms with Gasteiger partial charge in [-0.05, 0) is 48.5 Å². The largest absolute Gasteiger partial charge is 0.411 e. The summed E-state index contributed by atoms with van der Waals surface area (Å²) in [6, 6.07) is 11.6. The van der Waals surface area contributed by atoms with Crippen LogP contribution in [0, 0.1) is 5.82 Å². The Morgan fingerprint density at radius 3 is 2.32 bits per heavy atom. The van der Waals surface area contributed by atoms with Gasteiger partial charge in [0.15, 0.2) is 0 Å². The topological polar surface area (TPSA) is 105 Å². The maximum Gasteiger partial charge on any atom is 0.277 e. The highest BCUT2D eigenvalue weighted by Gasteiger charge is 2.21. The van der Waals surface area contributed by atoms with Gasteiger partial charge in [-0.3, -0.25) is 4.79 Å². The molecule has 0 aliphatic carbocycles. The van der Waals surface area contributed by atoms with Crippen LogP contribution in [0.25, 0.3) is 11.5 Å². The van der Waals surface area contributed by atoms with Crippen molar-refractivity contribution in [3.63, 3.8) is 0 Å². The van der Waals surface area contributed by atoms with E-state index in [0.29, 0.717) is 24.3 Å². The van der Waals surface area contributed by atoms with Gasteiger partial charge in [0.05, 0.1) is 10.6 Å². The summed E-state index contributed by atoms with van der Waals surface area (Å²) < 4.78 is 44.8. The van der Waals surface area contributed by atoms with E-state index in [9.17, 15) is 17.6 Å². The number of hydrogen-bond acceptors (Lipinski definition) is 7. The van der Waals surface area contributed by atoms with Crippen molar-refractivity contribution >= 4 is 33.4 Å². The Balaban J connectivity index is 1.56. The molecule has 164 valence electrons. The second-order valence-corrected chi connectivity index (χ2v) is 9.20. The maximum atomic E-state index is 13.0. The van der Waals surface area contributed by atoms with Crippen LogP contribution < -0.4 is 5.32 Å². The van der Waals surface area contributed by atoms with Gasteiger partial charge in [-0.25, -0.2) is 12.8 Å². The second-order valence-electron chi connectivity index (χ2n) is 6.33. The third-order valence-electron chi connectivity index (χ3n) is 4.31. The first-order valence-electron chi connectivity index (χ1n) is 9.45. The fourth-order valence-electron chi connectivity index (χ4n) is 2.72. The molecule has 1 N–H and O–H groups in total. The molecule has 1 heterocycles. The van der Waals surface area contributed by atoms with Gasteiger partial charge in [0, 0.05) is 24.3 Å². The number of thioether (sulfide) groups is 1. The fourth-order valence-corrected chi connectivity index (χ4v) is 4.75. The normalized spacial score (nSPS) is 11.6. The number of benzene rings is 2. The van der Waals surface area contributed by atoms with Crippen LogP contribution >= 0.6 is 11.8 Å². The number of aromatic nitrogens is 2. The molecule has 8 nitrogen and oxygen atoms in total. The van der Waals surface area contributed by atoms with Gasteiger partial charge in [0.1, 0.15) is 5.82 Å². The number of carbonyl (C=O) groups excluding carboxylic acids is 1. The first-order chi connectivity index (χ1) is 14.8. The fraction of sp³-hybridized carbons (Fsp3) is 0.250. The molecule has 0 fully saturated rings. The lowest BCUT2D eigenvalue weighted by Crippen LogP contribution is -2.30. The SMILES string of the molecule is CCN(CC)S(=O)(=O)c1ccc(NC(=O)CSc2nnc(-c3ccc(F)cc3)o2)cc1. The monoisotopic (exact) mass is 464 g/mol. The summed E-state index contributed by atoms with van der Waals surface area (Å²) in [6.07, 6.45) is 0. The number of halogens is 1. The van der Waals surface area contributed by atoms with Gasteiger partial charge in [-0.15, -0.1) is 10.2 Å². The van der Waals surface area contributed by atoms with Crippen LogP contribution in [0.3, 0.4) is 0 Å². The number of sulfonamides is 1. The number of nitrogens with zero attached hydrogens (tertiary/aromatic N) is 3. The summed E-state index contributed by atoms with van der Waals surface area (Å²) in [7, 11) is -3.55. The highest BCUT2D eigenvalue weighted by molar-refractivity contribution is 7.99. The van der Waals surface area contributed by atoms with Crippen LogP contribution in [0.1, 0.15) is 13.8 Å². The lowest BCUT2D eigenvalue weighted by Gasteiger charge is -2.18. The molecule has 3 rings (SSSR count). The van der Waals surface area contributed by atoms with Crippen LogP contribution in [0.4, 0.5) is 10.1 Å². The van der Waals surface area contributed by atoms with Crippen molar-refractivity contribution in [2.45, 2.75) is 24.0 Å². The molecule has 3 aromatic rings. The molecule has 0 atom stereocenters. The van der Waals surface area contributed by atoms with Gasteiger partial charge >= 0.3 is 0 Å². The zero-order valence-electron chi connectivity index (χ0n) is 16.9. The minimum Gasteiger partial charge on any atom is -0.411 e. The third-order valence-corrected chi connectivity index (χ3v) is 7.19. The van der Waals surface area contributed by atoms with E-state index in [1.807, 2.05) is 0 Å². The third kappa shape index (κ3) is 5.69. The molecule has 0 radical (unpaired) electrons. The standard InChI is InChI=1S/C20H21FN4O4S2/c1-3-25(4-2)31(27,28)17-11-9-16(10-12-17)22-18(26)13-30-20-24-23-19(29-20)14-5-7-15(21)8-6-14/h5-12H,3-4,13H2,1-2H3,(H,22,26). The lowest BCUT2D eigenvalue weighted by molar-refractivity contribution is -0.113. The number of anilines is 1. The summed E-state index contributed by atoms with van der Waals surface area (Å²) in [4.78, 5) is 12.4. The Kier molecular flexibility index (Phi) is 7.42. The molecule has 0 aliphatic rings. The first kappa shape index (κ1) is 22.9.